The highest BCUT2D eigenvalue weighted by atomic mass is 19.4. The molecule has 1 aromatic heterocycles. The molecule has 8 nitrogen and oxygen atoms in total. The molecule has 2 heterocycles. The van der Waals surface area contributed by atoms with Crippen molar-refractivity contribution >= 4 is 22.8 Å². The van der Waals surface area contributed by atoms with Gasteiger partial charge in [0.2, 0.25) is 0 Å². The van der Waals surface area contributed by atoms with Crippen molar-refractivity contribution in [2.75, 3.05) is 6.54 Å². The summed E-state index contributed by atoms with van der Waals surface area (Å²) in [6, 6.07) is 7.60. The number of rotatable bonds is 4. The van der Waals surface area contributed by atoms with Crippen LogP contribution in [0, 0.1) is 6.92 Å². The lowest BCUT2D eigenvalue weighted by molar-refractivity contribution is -0.153. The van der Waals surface area contributed by atoms with Gasteiger partial charge in [-0.3, -0.25) is 19.0 Å². The molecule has 0 aliphatic carbocycles. The minimum atomic E-state index is -4.50. The maximum absolute atomic E-state index is 13.4. The van der Waals surface area contributed by atoms with Crippen LogP contribution in [0.5, 0.6) is 11.5 Å². The number of hydrogen-bond acceptors (Lipinski definition) is 6. The highest BCUT2D eigenvalue weighted by molar-refractivity contribution is 6.05. The maximum Gasteiger partial charge on any atom is 0.416 e. The average molecular weight is 518 g/mol. The Morgan fingerprint density at radius 3 is 2.38 bits per heavy atom. The predicted octanol–water partition coefficient (Wildman–Crippen LogP) is 4.24. The van der Waals surface area contributed by atoms with Crippen LogP contribution in [0.15, 0.2) is 41.2 Å². The number of aromatic hydroxyl groups is 1. The van der Waals surface area contributed by atoms with Crippen LogP contribution in [0.25, 0.3) is 10.9 Å². The molecular formula is C26H25F3N2O6. The summed E-state index contributed by atoms with van der Waals surface area (Å²) in [6.45, 7) is 6.02. The molecule has 37 heavy (non-hydrogen) atoms. The van der Waals surface area contributed by atoms with E-state index in [4.69, 9.17) is 9.47 Å². The van der Waals surface area contributed by atoms with Crippen LogP contribution in [-0.2, 0) is 22.3 Å². The zero-order valence-corrected chi connectivity index (χ0v) is 20.5. The summed E-state index contributed by atoms with van der Waals surface area (Å²) in [5.74, 6) is -2.03. The van der Waals surface area contributed by atoms with Crippen LogP contribution < -0.4 is 15.6 Å². The molecule has 1 aliphatic heterocycles. The predicted molar refractivity (Wildman–Crippen MR) is 128 cm³/mol. The number of carbonyl (C=O) groups excluding carboxylic acids is 2. The SMILES string of the molecule is Cc1ccc2c3c1c(O)c(C(=O)NCC(=O)OC(C)(C)C)c(=O)n3CC(c1ccc(C(F)(F)F)cc1)O2. The molecule has 1 aliphatic rings. The van der Waals surface area contributed by atoms with Crippen molar-refractivity contribution in [2.45, 2.75) is 52.1 Å². The summed E-state index contributed by atoms with van der Waals surface area (Å²) in [5, 5.41) is 13.5. The third-order valence-electron chi connectivity index (χ3n) is 5.82. The molecule has 4 rings (SSSR count). The Labute approximate surface area is 209 Å². The van der Waals surface area contributed by atoms with Crippen LogP contribution in [0.1, 0.15) is 53.9 Å². The van der Waals surface area contributed by atoms with E-state index in [-0.39, 0.29) is 23.2 Å². The molecule has 1 amide bonds. The smallest absolute Gasteiger partial charge is 0.416 e. The van der Waals surface area contributed by atoms with Crippen molar-refractivity contribution in [2.24, 2.45) is 0 Å². The van der Waals surface area contributed by atoms with Gasteiger partial charge in [-0.05, 0) is 57.0 Å². The summed E-state index contributed by atoms with van der Waals surface area (Å²) < 4.78 is 51.4. The molecular weight excluding hydrogens is 493 g/mol. The monoisotopic (exact) mass is 518 g/mol. The number of nitrogens with zero attached hydrogens (tertiary/aromatic N) is 1. The van der Waals surface area contributed by atoms with Gasteiger partial charge in [-0.1, -0.05) is 18.2 Å². The Kier molecular flexibility index (Phi) is 6.43. The fraction of sp³-hybridized carbons (Fsp3) is 0.346. The van der Waals surface area contributed by atoms with Crippen LogP contribution >= 0.6 is 0 Å². The van der Waals surface area contributed by atoms with Gasteiger partial charge in [-0.15, -0.1) is 0 Å². The van der Waals surface area contributed by atoms with Crippen molar-refractivity contribution in [3.8, 4) is 11.5 Å². The largest absolute Gasteiger partial charge is 0.506 e. The molecule has 0 saturated carbocycles. The second-order valence-corrected chi connectivity index (χ2v) is 9.74. The number of alkyl halides is 3. The highest BCUT2D eigenvalue weighted by Gasteiger charge is 2.33. The molecule has 1 atom stereocenters. The molecule has 0 bridgehead atoms. The van der Waals surface area contributed by atoms with E-state index in [2.05, 4.69) is 5.32 Å². The van der Waals surface area contributed by atoms with Crippen LogP contribution in [0.4, 0.5) is 13.2 Å². The number of aromatic nitrogens is 1. The van der Waals surface area contributed by atoms with Gasteiger partial charge in [0, 0.05) is 5.39 Å². The minimum Gasteiger partial charge on any atom is -0.506 e. The van der Waals surface area contributed by atoms with E-state index in [0.717, 1.165) is 12.1 Å². The van der Waals surface area contributed by atoms with Gasteiger partial charge in [0.15, 0.2) is 0 Å². The quantitative estimate of drug-likeness (QED) is 0.501. The molecule has 0 radical (unpaired) electrons. The number of aryl methyl sites for hydroxylation is 1. The van der Waals surface area contributed by atoms with Crippen molar-refractivity contribution < 1.29 is 37.3 Å². The van der Waals surface area contributed by atoms with E-state index in [9.17, 15) is 32.7 Å². The first kappa shape index (κ1) is 26.1. The summed E-state index contributed by atoms with van der Waals surface area (Å²) >= 11 is 0. The Morgan fingerprint density at radius 2 is 1.78 bits per heavy atom. The topological polar surface area (TPSA) is 107 Å². The number of halogens is 3. The van der Waals surface area contributed by atoms with Gasteiger partial charge in [0.05, 0.1) is 17.6 Å². The standard InChI is InChI=1S/C26H25F3N2O6/c1-13-5-10-16-21-19(13)22(33)20(23(34)30-11-18(32)37-25(2,3)4)24(35)31(21)12-17(36-16)14-6-8-15(9-7-14)26(27,28)29/h5-10,17,33H,11-12H2,1-4H3,(H,30,34). The first-order chi connectivity index (χ1) is 17.2. The number of amides is 1. The molecule has 3 aromatic rings. The van der Waals surface area contributed by atoms with Crippen LogP contribution in [0.3, 0.4) is 0 Å². The van der Waals surface area contributed by atoms with Gasteiger partial charge in [0.1, 0.15) is 35.3 Å². The molecule has 0 spiro atoms. The maximum atomic E-state index is 13.4. The second kappa shape index (κ2) is 9.13. The zero-order valence-electron chi connectivity index (χ0n) is 20.5. The summed E-state index contributed by atoms with van der Waals surface area (Å²) in [7, 11) is 0. The Bertz CT molecular complexity index is 1450. The summed E-state index contributed by atoms with van der Waals surface area (Å²) in [5.41, 5.74) is -1.79. The molecule has 11 heteroatoms. The first-order valence-corrected chi connectivity index (χ1v) is 11.4. The Hall–Kier alpha value is -4.02. The van der Waals surface area contributed by atoms with Crippen molar-refractivity contribution in [1.29, 1.82) is 0 Å². The molecule has 2 N–H and O–H groups in total. The minimum absolute atomic E-state index is 0.121. The van der Waals surface area contributed by atoms with E-state index in [1.165, 1.54) is 16.7 Å². The second-order valence-electron chi connectivity index (χ2n) is 9.74. The first-order valence-electron chi connectivity index (χ1n) is 11.4. The Balaban J connectivity index is 1.73. The number of hydrogen-bond donors (Lipinski definition) is 2. The molecule has 1 unspecified atom stereocenters. The fourth-order valence-corrected chi connectivity index (χ4v) is 4.21. The number of benzene rings is 2. The molecule has 2 aromatic carbocycles. The van der Waals surface area contributed by atoms with Crippen molar-refractivity contribution in [3.63, 3.8) is 0 Å². The number of ether oxygens (including phenoxy) is 2. The normalized spacial score (nSPS) is 15.3. The summed E-state index contributed by atoms with van der Waals surface area (Å²) in [6.07, 6.45) is -5.34. The number of esters is 1. The van der Waals surface area contributed by atoms with E-state index >= 15 is 0 Å². The van der Waals surface area contributed by atoms with E-state index in [1.807, 2.05) is 0 Å². The third kappa shape index (κ3) is 5.11. The highest BCUT2D eigenvalue weighted by Crippen LogP contribution is 2.41. The van der Waals surface area contributed by atoms with E-state index < -0.39 is 58.7 Å². The lowest BCUT2D eigenvalue weighted by Crippen LogP contribution is -2.39. The van der Waals surface area contributed by atoms with Gasteiger partial charge >= 0.3 is 12.1 Å². The zero-order chi connectivity index (χ0) is 27.3. The van der Waals surface area contributed by atoms with Gasteiger partial charge in [-0.2, -0.15) is 13.2 Å². The Morgan fingerprint density at radius 1 is 1.14 bits per heavy atom. The number of pyridine rings is 1. The van der Waals surface area contributed by atoms with E-state index in [0.29, 0.717) is 11.1 Å². The van der Waals surface area contributed by atoms with Gasteiger partial charge < -0.3 is 19.9 Å². The van der Waals surface area contributed by atoms with Gasteiger partial charge in [0.25, 0.3) is 11.5 Å². The van der Waals surface area contributed by atoms with Crippen molar-refractivity contribution in [1.82, 2.24) is 9.88 Å². The number of carbonyl (C=O) groups is 2. The number of nitrogens with one attached hydrogen (secondary N) is 1. The average Bonchev–Trinajstić information content (AvgIpc) is 2.80. The lowest BCUT2D eigenvalue weighted by atomic mass is 10.0. The summed E-state index contributed by atoms with van der Waals surface area (Å²) in [4.78, 5) is 38.4. The molecule has 196 valence electrons. The molecule has 0 saturated heterocycles. The van der Waals surface area contributed by atoms with Crippen molar-refractivity contribution in [3.05, 3.63) is 69.0 Å². The third-order valence-corrected chi connectivity index (χ3v) is 5.82. The molecule has 0 fully saturated rings. The van der Waals surface area contributed by atoms with Crippen LogP contribution in [-0.4, -0.2) is 33.7 Å². The lowest BCUT2D eigenvalue weighted by Gasteiger charge is -2.29. The van der Waals surface area contributed by atoms with Crippen LogP contribution in [0.2, 0.25) is 0 Å². The fourth-order valence-electron chi connectivity index (χ4n) is 4.21. The van der Waals surface area contributed by atoms with Gasteiger partial charge in [-0.25, -0.2) is 0 Å². The van der Waals surface area contributed by atoms with E-state index in [1.54, 1.807) is 39.8 Å².